The minimum Gasteiger partial charge on any atom is -0.472 e. The molecule has 0 aliphatic rings. The lowest BCUT2D eigenvalue weighted by Crippen LogP contribution is -1.95. The van der Waals surface area contributed by atoms with E-state index in [0.29, 0.717) is 5.82 Å². The third-order valence-corrected chi connectivity index (χ3v) is 2.61. The first-order valence-corrected chi connectivity index (χ1v) is 5.34. The zero-order valence-electron chi connectivity index (χ0n) is 7.70. The van der Waals surface area contributed by atoms with Crippen LogP contribution in [0, 0.1) is 6.92 Å². The smallest absolute Gasteiger partial charge is 0.162 e. The molecule has 0 amide bonds. The molecule has 2 rings (SSSR count). The van der Waals surface area contributed by atoms with Gasteiger partial charge in [-0.2, -0.15) is 0 Å². The topological polar surface area (TPSA) is 38.9 Å². The number of hydrogen-bond acceptors (Lipinski definition) is 3. The summed E-state index contributed by atoms with van der Waals surface area (Å²) in [6.07, 6.45) is 5.09. The summed E-state index contributed by atoms with van der Waals surface area (Å²) in [6, 6.07) is 1.85. The van der Waals surface area contributed by atoms with E-state index in [2.05, 4.69) is 25.9 Å². The molecule has 0 saturated heterocycles. The maximum atomic E-state index is 4.98. The van der Waals surface area contributed by atoms with Crippen LogP contribution in [0.25, 0.3) is 11.4 Å². The van der Waals surface area contributed by atoms with Crippen LogP contribution in [0.1, 0.15) is 11.3 Å². The van der Waals surface area contributed by atoms with Gasteiger partial charge in [0.25, 0.3) is 0 Å². The summed E-state index contributed by atoms with van der Waals surface area (Å²) < 4.78 is 4.98. The Kier molecular flexibility index (Phi) is 2.63. The van der Waals surface area contributed by atoms with Crippen molar-refractivity contribution in [2.75, 3.05) is 0 Å². The Morgan fingerprint density at radius 1 is 1.50 bits per heavy atom. The van der Waals surface area contributed by atoms with Crippen LogP contribution in [0.4, 0.5) is 0 Å². The lowest BCUT2D eigenvalue weighted by atomic mass is 10.2. The van der Waals surface area contributed by atoms with E-state index in [1.165, 1.54) is 0 Å². The zero-order chi connectivity index (χ0) is 9.97. The number of furan rings is 1. The molecule has 0 N–H and O–H groups in total. The van der Waals surface area contributed by atoms with Crippen molar-refractivity contribution in [2.24, 2.45) is 0 Å². The van der Waals surface area contributed by atoms with Crippen molar-refractivity contribution in [2.45, 2.75) is 12.3 Å². The summed E-state index contributed by atoms with van der Waals surface area (Å²) in [4.78, 5) is 8.64. The van der Waals surface area contributed by atoms with Gasteiger partial charge in [0.1, 0.15) is 6.26 Å². The number of aromatic nitrogens is 2. The summed E-state index contributed by atoms with van der Waals surface area (Å²) in [5.41, 5.74) is 3.01. The van der Waals surface area contributed by atoms with Gasteiger partial charge in [-0.15, -0.1) is 0 Å². The standard InChI is InChI=1S/C10H9BrN2O/c1-7-9(4-11)5-12-10(13-7)8-2-3-14-6-8/h2-3,5-6H,4H2,1H3. The van der Waals surface area contributed by atoms with Gasteiger partial charge in [-0.25, -0.2) is 9.97 Å². The average molecular weight is 253 g/mol. The molecule has 0 spiro atoms. The van der Waals surface area contributed by atoms with E-state index in [9.17, 15) is 0 Å². The number of rotatable bonds is 2. The number of halogens is 1. The van der Waals surface area contributed by atoms with Gasteiger partial charge in [0, 0.05) is 22.8 Å². The molecule has 0 bridgehead atoms. The minimum atomic E-state index is 0.709. The molecule has 0 aliphatic carbocycles. The predicted octanol–water partition coefficient (Wildman–Crippen LogP) is 2.94. The molecule has 0 fully saturated rings. The van der Waals surface area contributed by atoms with E-state index in [-0.39, 0.29) is 0 Å². The highest BCUT2D eigenvalue weighted by atomic mass is 79.9. The van der Waals surface area contributed by atoms with Crippen LogP contribution < -0.4 is 0 Å². The molecule has 0 radical (unpaired) electrons. The maximum absolute atomic E-state index is 4.98. The number of hydrogen-bond donors (Lipinski definition) is 0. The Morgan fingerprint density at radius 2 is 2.36 bits per heavy atom. The van der Waals surface area contributed by atoms with Gasteiger partial charge in [-0.1, -0.05) is 15.9 Å². The van der Waals surface area contributed by atoms with E-state index < -0.39 is 0 Å². The monoisotopic (exact) mass is 252 g/mol. The third kappa shape index (κ3) is 1.70. The van der Waals surface area contributed by atoms with Crippen LogP contribution in [0.2, 0.25) is 0 Å². The third-order valence-electron chi connectivity index (χ3n) is 2.00. The highest BCUT2D eigenvalue weighted by Gasteiger charge is 2.05. The fourth-order valence-electron chi connectivity index (χ4n) is 1.15. The lowest BCUT2D eigenvalue weighted by molar-refractivity contribution is 0.568. The molecule has 0 saturated carbocycles. The fraction of sp³-hybridized carbons (Fsp3) is 0.200. The van der Waals surface area contributed by atoms with Crippen LogP contribution in [0.3, 0.4) is 0 Å². The van der Waals surface area contributed by atoms with Crippen molar-refractivity contribution in [1.29, 1.82) is 0 Å². The highest BCUT2D eigenvalue weighted by Crippen LogP contribution is 2.17. The lowest BCUT2D eigenvalue weighted by Gasteiger charge is -2.01. The molecule has 2 aromatic heterocycles. The van der Waals surface area contributed by atoms with Gasteiger partial charge < -0.3 is 4.42 Å². The molecular weight excluding hydrogens is 244 g/mol. The van der Waals surface area contributed by atoms with E-state index in [1.807, 2.05) is 19.2 Å². The second-order valence-corrected chi connectivity index (χ2v) is 3.51. The van der Waals surface area contributed by atoms with Crippen LogP contribution in [0.15, 0.2) is 29.2 Å². The molecule has 2 aromatic rings. The van der Waals surface area contributed by atoms with Gasteiger partial charge in [-0.05, 0) is 13.0 Å². The molecule has 2 heterocycles. The maximum Gasteiger partial charge on any atom is 0.162 e. The van der Waals surface area contributed by atoms with Crippen LogP contribution in [-0.2, 0) is 5.33 Å². The van der Waals surface area contributed by atoms with Gasteiger partial charge in [0.05, 0.1) is 11.8 Å². The molecule has 4 heteroatoms. The Balaban J connectivity index is 2.43. The van der Waals surface area contributed by atoms with Gasteiger partial charge >= 0.3 is 0 Å². The Bertz CT molecular complexity index is 426. The van der Waals surface area contributed by atoms with Gasteiger partial charge in [0.15, 0.2) is 5.82 Å². The van der Waals surface area contributed by atoms with Gasteiger partial charge in [0.2, 0.25) is 0 Å². The quantitative estimate of drug-likeness (QED) is 0.772. The first-order valence-electron chi connectivity index (χ1n) is 4.22. The van der Waals surface area contributed by atoms with Crippen LogP contribution in [0.5, 0.6) is 0 Å². The van der Waals surface area contributed by atoms with Crippen LogP contribution >= 0.6 is 15.9 Å². The summed E-state index contributed by atoms with van der Waals surface area (Å²) in [5, 5.41) is 0.782. The predicted molar refractivity (Wildman–Crippen MR) is 57.1 cm³/mol. The molecule has 3 nitrogen and oxygen atoms in total. The average Bonchev–Trinajstić information content (AvgIpc) is 2.70. The molecule has 0 unspecified atom stereocenters. The highest BCUT2D eigenvalue weighted by molar-refractivity contribution is 9.08. The van der Waals surface area contributed by atoms with E-state index in [4.69, 9.17) is 4.42 Å². The fourth-order valence-corrected chi connectivity index (χ4v) is 1.70. The molecule has 0 aromatic carbocycles. The summed E-state index contributed by atoms with van der Waals surface area (Å²) in [6.45, 7) is 1.97. The second-order valence-electron chi connectivity index (χ2n) is 2.95. The van der Waals surface area contributed by atoms with Crippen LogP contribution in [-0.4, -0.2) is 9.97 Å². The molecule has 0 atom stereocenters. The van der Waals surface area contributed by atoms with Crippen molar-refractivity contribution < 1.29 is 4.42 Å². The first kappa shape index (κ1) is 9.40. The SMILES string of the molecule is Cc1nc(-c2ccoc2)ncc1CBr. The summed E-state index contributed by atoms with van der Waals surface area (Å²) in [7, 11) is 0. The summed E-state index contributed by atoms with van der Waals surface area (Å²) >= 11 is 3.38. The Labute approximate surface area is 90.3 Å². The van der Waals surface area contributed by atoms with Crippen molar-refractivity contribution >= 4 is 15.9 Å². The number of alkyl halides is 1. The van der Waals surface area contributed by atoms with Crippen molar-refractivity contribution in [3.8, 4) is 11.4 Å². The summed E-state index contributed by atoms with van der Waals surface area (Å²) in [5.74, 6) is 0.709. The minimum absolute atomic E-state index is 0.709. The van der Waals surface area contributed by atoms with Crippen molar-refractivity contribution in [1.82, 2.24) is 9.97 Å². The van der Waals surface area contributed by atoms with Gasteiger partial charge in [-0.3, -0.25) is 0 Å². The van der Waals surface area contributed by atoms with E-state index >= 15 is 0 Å². The molecule has 72 valence electrons. The zero-order valence-corrected chi connectivity index (χ0v) is 9.28. The normalized spacial score (nSPS) is 10.4. The second kappa shape index (κ2) is 3.92. The Hall–Kier alpha value is -1.16. The number of nitrogens with zero attached hydrogens (tertiary/aromatic N) is 2. The van der Waals surface area contributed by atoms with E-state index in [0.717, 1.165) is 22.2 Å². The van der Waals surface area contributed by atoms with Crippen molar-refractivity contribution in [3.05, 3.63) is 36.0 Å². The Morgan fingerprint density at radius 3 is 2.93 bits per heavy atom. The van der Waals surface area contributed by atoms with E-state index in [1.54, 1.807) is 12.5 Å². The van der Waals surface area contributed by atoms with Crippen molar-refractivity contribution in [3.63, 3.8) is 0 Å². The largest absolute Gasteiger partial charge is 0.472 e. The molecule has 14 heavy (non-hydrogen) atoms. The number of aryl methyl sites for hydroxylation is 1. The molecular formula is C10H9BrN2O. The molecule has 0 aliphatic heterocycles. The first-order chi connectivity index (χ1) is 6.81.